The number of sulfone groups is 1. The maximum absolute atomic E-state index is 12.5. The number of hydrogen-bond acceptors (Lipinski definition) is 7. The highest BCUT2D eigenvalue weighted by atomic mass is 32.2. The number of aromatic nitrogens is 2. The second-order valence-corrected chi connectivity index (χ2v) is 10.7. The van der Waals surface area contributed by atoms with E-state index in [2.05, 4.69) is 15.5 Å². The van der Waals surface area contributed by atoms with E-state index in [-0.39, 0.29) is 28.9 Å². The molecule has 0 aliphatic carbocycles. The van der Waals surface area contributed by atoms with Crippen LogP contribution in [0.3, 0.4) is 0 Å². The Kier molecular flexibility index (Phi) is 6.33. The van der Waals surface area contributed by atoms with Gasteiger partial charge in [-0.05, 0) is 30.7 Å². The Morgan fingerprint density at radius 3 is 2.59 bits per heavy atom. The van der Waals surface area contributed by atoms with Crippen LogP contribution in [-0.2, 0) is 19.4 Å². The number of rotatable bonds is 7. The number of para-hydroxylation sites is 1. The van der Waals surface area contributed by atoms with Crippen molar-refractivity contribution < 1.29 is 18.0 Å². The third kappa shape index (κ3) is 4.86. The minimum absolute atomic E-state index is 0.0243. The molecule has 0 saturated carbocycles. The lowest BCUT2D eigenvalue weighted by molar-refractivity contribution is -0.117. The molecule has 0 bridgehead atoms. The van der Waals surface area contributed by atoms with E-state index in [4.69, 9.17) is 0 Å². The van der Waals surface area contributed by atoms with E-state index in [1.54, 1.807) is 23.1 Å². The summed E-state index contributed by atoms with van der Waals surface area (Å²) in [6.07, 6.45) is 0.140. The molecule has 0 radical (unpaired) electrons. The Labute approximate surface area is 190 Å². The van der Waals surface area contributed by atoms with Crippen LogP contribution in [0.5, 0.6) is 0 Å². The molecule has 1 fully saturated rings. The van der Waals surface area contributed by atoms with Crippen molar-refractivity contribution in [1.29, 1.82) is 0 Å². The van der Waals surface area contributed by atoms with Crippen LogP contribution in [0.1, 0.15) is 29.3 Å². The molecule has 10 heteroatoms. The molecule has 1 aliphatic heterocycles. The molecule has 1 aromatic heterocycles. The molecule has 32 heavy (non-hydrogen) atoms. The van der Waals surface area contributed by atoms with E-state index in [1.165, 1.54) is 23.5 Å². The number of hydrogen-bond donors (Lipinski definition) is 1. The summed E-state index contributed by atoms with van der Waals surface area (Å²) in [5, 5.41) is 11.7. The van der Waals surface area contributed by atoms with Gasteiger partial charge in [-0.1, -0.05) is 47.7 Å². The first-order valence-corrected chi connectivity index (χ1v) is 12.6. The zero-order valence-corrected chi connectivity index (χ0v) is 19.0. The van der Waals surface area contributed by atoms with Crippen LogP contribution in [0.2, 0.25) is 0 Å². The molecule has 2 amide bonds. The van der Waals surface area contributed by atoms with Gasteiger partial charge in [0.1, 0.15) is 5.01 Å². The molecule has 1 atom stereocenters. The molecule has 0 unspecified atom stereocenters. The molecule has 1 aliphatic rings. The lowest BCUT2D eigenvalue weighted by atomic mass is 10.1. The molecular formula is C22H22N4O4S2. The van der Waals surface area contributed by atoms with Crippen LogP contribution in [0.4, 0.5) is 10.8 Å². The van der Waals surface area contributed by atoms with Crippen molar-refractivity contribution in [3.8, 4) is 0 Å². The minimum Gasteiger partial charge on any atom is -0.311 e. The summed E-state index contributed by atoms with van der Waals surface area (Å²) in [6.45, 7) is 2.47. The van der Waals surface area contributed by atoms with Crippen LogP contribution < -0.4 is 10.2 Å². The fourth-order valence-electron chi connectivity index (χ4n) is 3.58. The Morgan fingerprint density at radius 1 is 1.12 bits per heavy atom. The Morgan fingerprint density at radius 2 is 1.84 bits per heavy atom. The van der Waals surface area contributed by atoms with Gasteiger partial charge in [-0.25, -0.2) is 8.42 Å². The van der Waals surface area contributed by atoms with Crippen molar-refractivity contribution >= 4 is 43.8 Å². The number of anilines is 2. The van der Waals surface area contributed by atoms with Gasteiger partial charge in [0, 0.05) is 31.0 Å². The van der Waals surface area contributed by atoms with Crippen molar-refractivity contribution in [3.05, 3.63) is 65.2 Å². The van der Waals surface area contributed by atoms with Gasteiger partial charge in [0.2, 0.25) is 16.9 Å². The number of carbonyl (C=O) groups excluding carboxylic acids is 2. The third-order valence-corrected chi connectivity index (χ3v) is 8.00. The Balaban J connectivity index is 1.35. The number of nitrogens with zero attached hydrogens (tertiary/aromatic N) is 3. The van der Waals surface area contributed by atoms with Crippen molar-refractivity contribution in [2.75, 3.05) is 22.5 Å². The SMILES string of the molecule is Cc1ccccc1N1C[C@@H](c2nnc(NC(=O)CCS(=O)(=O)c3ccccc3)s2)CC1=O. The molecule has 1 saturated heterocycles. The lowest BCUT2D eigenvalue weighted by Crippen LogP contribution is -2.25. The van der Waals surface area contributed by atoms with Gasteiger partial charge in [-0.3, -0.25) is 9.59 Å². The van der Waals surface area contributed by atoms with Gasteiger partial charge >= 0.3 is 0 Å². The summed E-state index contributed by atoms with van der Waals surface area (Å²) in [7, 11) is -3.53. The van der Waals surface area contributed by atoms with Crippen LogP contribution in [0.25, 0.3) is 0 Å². The lowest BCUT2D eigenvalue weighted by Gasteiger charge is -2.18. The molecule has 4 rings (SSSR count). The normalized spacial score (nSPS) is 16.3. The number of nitrogens with one attached hydrogen (secondary N) is 1. The van der Waals surface area contributed by atoms with Gasteiger partial charge in [-0.2, -0.15) is 0 Å². The molecule has 166 valence electrons. The Bertz CT molecular complexity index is 1240. The highest BCUT2D eigenvalue weighted by Gasteiger charge is 2.34. The number of aryl methyl sites for hydroxylation is 1. The van der Waals surface area contributed by atoms with Gasteiger partial charge in [0.15, 0.2) is 9.84 Å². The van der Waals surface area contributed by atoms with Crippen molar-refractivity contribution in [1.82, 2.24) is 10.2 Å². The first-order valence-electron chi connectivity index (χ1n) is 10.1. The molecule has 8 nitrogen and oxygen atoms in total. The van der Waals surface area contributed by atoms with Crippen LogP contribution in [0.15, 0.2) is 59.5 Å². The summed E-state index contributed by atoms with van der Waals surface area (Å²) in [6, 6.07) is 15.8. The standard InChI is InChI=1S/C22H22N4O4S2/c1-15-7-5-6-10-18(15)26-14-16(13-20(26)28)21-24-25-22(31-21)23-19(27)11-12-32(29,30)17-8-3-2-4-9-17/h2-10,16H,11-14H2,1H3,(H,23,25,27)/t16-/m0/s1. The third-order valence-electron chi connectivity index (χ3n) is 5.27. The molecular weight excluding hydrogens is 448 g/mol. The summed E-state index contributed by atoms with van der Waals surface area (Å²) in [4.78, 5) is 26.7. The largest absolute Gasteiger partial charge is 0.311 e. The van der Waals surface area contributed by atoms with Crippen molar-refractivity contribution in [3.63, 3.8) is 0 Å². The van der Waals surface area contributed by atoms with Gasteiger partial charge in [0.05, 0.1) is 10.6 Å². The monoisotopic (exact) mass is 470 g/mol. The summed E-state index contributed by atoms with van der Waals surface area (Å²) in [5.41, 5.74) is 1.91. The first kappa shape index (κ1) is 22.1. The Hall–Kier alpha value is -3.11. The summed E-state index contributed by atoms with van der Waals surface area (Å²) >= 11 is 1.21. The maximum atomic E-state index is 12.5. The maximum Gasteiger partial charge on any atom is 0.227 e. The first-order chi connectivity index (χ1) is 15.3. The van der Waals surface area contributed by atoms with Gasteiger partial charge < -0.3 is 10.2 Å². The summed E-state index contributed by atoms with van der Waals surface area (Å²) in [5.74, 6) is -0.826. The van der Waals surface area contributed by atoms with Crippen molar-refractivity contribution in [2.45, 2.75) is 30.6 Å². The highest BCUT2D eigenvalue weighted by Crippen LogP contribution is 2.35. The van der Waals surface area contributed by atoms with Crippen LogP contribution in [-0.4, -0.2) is 42.7 Å². The predicted octanol–water partition coefficient (Wildman–Crippen LogP) is 3.17. The highest BCUT2D eigenvalue weighted by molar-refractivity contribution is 7.91. The van der Waals surface area contributed by atoms with E-state index in [0.717, 1.165) is 11.3 Å². The predicted molar refractivity (Wildman–Crippen MR) is 123 cm³/mol. The second-order valence-electron chi connectivity index (χ2n) is 7.57. The van der Waals surface area contributed by atoms with Crippen LogP contribution >= 0.6 is 11.3 Å². The van der Waals surface area contributed by atoms with E-state index >= 15 is 0 Å². The smallest absolute Gasteiger partial charge is 0.227 e. The van der Waals surface area contributed by atoms with Gasteiger partial charge in [0.25, 0.3) is 0 Å². The molecule has 2 aromatic carbocycles. The number of benzene rings is 2. The van der Waals surface area contributed by atoms with Crippen molar-refractivity contribution in [2.24, 2.45) is 0 Å². The molecule has 3 aromatic rings. The second kappa shape index (κ2) is 9.17. The fraction of sp³-hybridized carbons (Fsp3) is 0.273. The van der Waals surface area contributed by atoms with Gasteiger partial charge in [-0.15, -0.1) is 10.2 Å². The van der Waals surface area contributed by atoms with E-state index in [1.807, 2.05) is 31.2 Å². The summed E-state index contributed by atoms with van der Waals surface area (Å²) < 4.78 is 24.7. The van der Waals surface area contributed by atoms with Crippen LogP contribution in [0, 0.1) is 6.92 Å². The average Bonchev–Trinajstić information content (AvgIpc) is 3.40. The molecule has 1 N–H and O–H groups in total. The van der Waals surface area contributed by atoms with E-state index < -0.39 is 15.7 Å². The van der Waals surface area contributed by atoms with E-state index in [0.29, 0.717) is 23.1 Å². The zero-order valence-electron chi connectivity index (χ0n) is 17.4. The number of carbonyl (C=O) groups is 2. The quantitative estimate of drug-likeness (QED) is 0.568. The average molecular weight is 471 g/mol. The minimum atomic E-state index is -3.53. The van der Waals surface area contributed by atoms with E-state index in [9.17, 15) is 18.0 Å². The number of amides is 2. The fourth-order valence-corrected chi connectivity index (χ4v) is 5.69. The molecule has 0 spiro atoms. The molecule has 2 heterocycles. The topological polar surface area (TPSA) is 109 Å². The zero-order chi connectivity index (χ0) is 22.7.